The summed E-state index contributed by atoms with van der Waals surface area (Å²) in [5.74, 6) is -1.44. The van der Waals surface area contributed by atoms with Gasteiger partial charge in [0.2, 0.25) is 0 Å². The number of aliphatic hydroxyl groups excluding tert-OH is 1. The number of rotatable bonds is 9. The zero-order valence-corrected chi connectivity index (χ0v) is 19.8. The van der Waals surface area contributed by atoms with Crippen molar-refractivity contribution in [1.82, 2.24) is 5.32 Å². The van der Waals surface area contributed by atoms with Crippen LogP contribution >= 0.6 is 27.7 Å². The van der Waals surface area contributed by atoms with Gasteiger partial charge in [-0.05, 0) is 44.7 Å². The Balaban J connectivity index is 2.14. The fourth-order valence-electron chi connectivity index (χ4n) is 3.02. The molecule has 31 heavy (non-hydrogen) atoms. The third kappa shape index (κ3) is 6.45. The number of aliphatic hydroxyl groups is 1. The molecule has 0 radical (unpaired) electrons. The van der Waals surface area contributed by atoms with Crippen LogP contribution in [0.2, 0.25) is 0 Å². The molecule has 0 spiro atoms. The highest BCUT2D eigenvalue weighted by Gasteiger charge is 2.56. The van der Waals surface area contributed by atoms with Crippen molar-refractivity contribution >= 4 is 45.2 Å². The van der Waals surface area contributed by atoms with Crippen molar-refractivity contribution in [3.05, 3.63) is 47.0 Å². The number of hydrogen-bond acceptors (Lipinski definition) is 8. The van der Waals surface area contributed by atoms with E-state index in [0.717, 1.165) is 0 Å². The van der Waals surface area contributed by atoms with Crippen LogP contribution in [0.15, 0.2) is 41.8 Å². The van der Waals surface area contributed by atoms with Crippen molar-refractivity contribution < 1.29 is 33.6 Å². The number of hydrogen-bond donors (Lipinski definition) is 2. The number of nitrogens with zero attached hydrogens (tertiary/aromatic N) is 1. The predicted molar refractivity (Wildman–Crippen MR) is 120 cm³/mol. The van der Waals surface area contributed by atoms with Gasteiger partial charge in [0.05, 0.1) is 5.33 Å². The standard InChI is InChI=1S/C20H25BrN2O7S/c1-20(2,3)30-19(27)17(15(25)9-21)23(28)10-14(18(23)31-12-24)22-16(26)11-29-13-7-5-4-6-8-13/h4-8,12,14,18,25H,9-11H2,1-3H3,(H,22,26). The molecule has 0 bridgehead atoms. The summed E-state index contributed by atoms with van der Waals surface area (Å²) < 4.78 is 9.35. The second-order valence-electron chi connectivity index (χ2n) is 7.81. The van der Waals surface area contributed by atoms with E-state index < -0.39 is 45.0 Å². The second-order valence-corrected chi connectivity index (χ2v) is 9.32. The third-order valence-electron chi connectivity index (χ3n) is 4.25. The molecule has 1 fully saturated rings. The van der Waals surface area contributed by atoms with E-state index in [0.29, 0.717) is 23.1 Å². The predicted octanol–water partition coefficient (Wildman–Crippen LogP) is 2.63. The lowest BCUT2D eigenvalue weighted by molar-refractivity contribution is -0.894. The number of benzene rings is 1. The maximum absolute atomic E-state index is 13.5. The fourth-order valence-corrected chi connectivity index (χ4v) is 4.13. The quantitative estimate of drug-likeness (QED) is 0.0975. The number of likely N-dealkylation sites (tertiary alicyclic amines) is 1. The van der Waals surface area contributed by atoms with E-state index in [4.69, 9.17) is 9.47 Å². The number of quaternary nitrogens is 1. The van der Waals surface area contributed by atoms with Gasteiger partial charge in [0.1, 0.15) is 23.9 Å². The number of carbonyl (C=O) groups is 3. The largest absolute Gasteiger partial charge is 0.626 e. The molecule has 11 heteroatoms. The molecule has 170 valence electrons. The van der Waals surface area contributed by atoms with Crippen molar-refractivity contribution in [2.45, 2.75) is 37.8 Å². The summed E-state index contributed by atoms with van der Waals surface area (Å²) in [5.41, 5.74) is -0.932. The minimum absolute atomic E-state index is 0.149. The molecule has 0 aliphatic carbocycles. The molecule has 1 aliphatic heterocycles. The van der Waals surface area contributed by atoms with Gasteiger partial charge in [-0.3, -0.25) is 9.59 Å². The molecular formula is C20H25BrN2O7S. The van der Waals surface area contributed by atoms with E-state index in [-0.39, 0.29) is 18.5 Å². The fraction of sp³-hybridized carbons (Fsp3) is 0.450. The number of allylic oxidation sites excluding steroid dienone is 1. The molecule has 0 saturated carbocycles. The number of esters is 1. The van der Waals surface area contributed by atoms with Crippen LogP contribution in [0.1, 0.15) is 20.8 Å². The number of alkyl halides is 1. The van der Waals surface area contributed by atoms with Crippen LogP contribution in [0.5, 0.6) is 5.75 Å². The normalized spacial score (nSPS) is 23.8. The highest BCUT2D eigenvalue weighted by Crippen LogP contribution is 2.41. The van der Waals surface area contributed by atoms with E-state index in [1.807, 2.05) is 6.07 Å². The lowest BCUT2D eigenvalue weighted by atomic mass is 10.0. The number of nitrogens with one attached hydrogen (secondary N) is 1. The van der Waals surface area contributed by atoms with Crippen LogP contribution < -0.4 is 10.1 Å². The van der Waals surface area contributed by atoms with Crippen LogP contribution in [-0.4, -0.2) is 62.7 Å². The molecule has 2 N–H and O–H groups in total. The molecule has 1 aromatic carbocycles. The van der Waals surface area contributed by atoms with Gasteiger partial charge in [0.25, 0.3) is 11.6 Å². The topological polar surface area (TPSA) is 125 Å². The van der Waals surface area contributed by atoms with E-state index in [9.17, 15) is 24.7 Å². The Kier molecular flexibility index (Phi) is 8.52. The van der Waals surface area contributed by atoms with Gasteiger partial charge in [-0.25, -0.2) is 4.79 Å². The van der Waals surface area contributed by atoms with E-state index in [2.05, 4.69) is 21.2 Å². The third-order valence-corrected chi connectivity index (χ3v) is 5.84. The molecule has 3 unspecified atom stereocenters. The molecular weight excluding hydrogens is 492 g/mol. The Morgan fingerprint density at radius 2 is 2.00 bits per heavy atom. The minimum atomic E-state index is -1.31. The van der Waals surface area contributed by atoms with Gasteiger partial charge >= 0.3 is 5.97 Å². The maximum Gasteiger partial charge on any atom is 0.397 e. The van der Waals surface area contributed by atoms with E-state index >= 15 is 0 Å². The Bertz CT molecular complexity index is 844. The Morgan fingerprint density at radius 3 is 2.55 bits per heavy atom. The first kappa shape index (κ1) is 25.2. The van der Waals surface area contributed by atoms with Crippen molar-refractivity contribution in [3.63, 3.8) is 0 Å². The molecule has 0 aromatic heterocycles. The molecule has 1 amide bonds. The van der Waals surface area contributed by atoms with Crippen LogP contribution in [0, 0.1) is 5.21 Å². The highest BCUT2D eigenvalue weighted by atomic mass is 79.9. The van der Waals surface area contributed by atoms with Gasteiger partial charge < -0.3 is 29.8 Å². The number of thioether (sulfide) groups is 1. The number of amides is 1. The number of para-hydroxylation sites is 1. The molecule has 1 aromatic rings. The molecule has 1 saturated heterocycles. The number of halogens is 1. The average molecular weight is 517 g/mol. The molecule has 9 nitrogen and oxygen atoms in total. The zero-order valence-electron chi connectivity index (χ0n) is 17.4. The molecule has 1 heterocycles. The van der Waals surface area contributed by atoms with Gasteiger partial charge in [-0.1, -0.05) is 34.1 Å². The van der Waals surface area contributed by atoms with Crippen molar-refractivity contribution in [2.75, 3.05) is 18.5 Å². The Hall–Kier alpha value is -2.08. The van der Waals surface area contributed by atoms with E-state index in [1.165, 1.54) is 0 Å². The number of carbonyl (C=O) groups excluding carboxylic acids is 3. The maximum atomic E-state index is 13.5. The minimum Gasteiger partial charge on any atom is -0.626 e. The van der Waals surface area contributed by atoms with Crippen LogP contribution in [0.3, 0.4) is 0 Å². The molecule has 1 aliphatic rings. The van der Waals surface area contributed by atoms with Crippen molar-refractivity contribution in [3.8, 4) is 5.75 Å². The highest BCUT2D eigenvalue weighted by molar-refractivity contribution is 9.09. The first-order valence-corrected chi connectivity index (χ1v) is 11.5. The number of ether oxygens (including phenoxy) is 2. The summed E-state index contributed by atoms with van der Waals surface area (Å²) in [6.07, 6.45) is 0. The van der Waals surface area contributed by atoms with Gasteiger partial charge in [-0.15, -0.1) is 0 Å². The first-order valence-electron chi connectivity index (χ1n) is 9.39. The smallest absolute Gasteiger partial charge is 0.397 e. The van der Waals surface area contributed by atoms with Gasteiger partial charge in [-0.2, -0.15) is 0 Å². The second kappa shape index (κ2) is 10.5. The summed E-state index contributed by atoms with van der Waals surface area (Å²) in [6, 6.07) is 8.02. The van der Waals surface area contributed by atoms with Gasteiger partial charge in [0.15, 0.2) is 23.4 Å². The molecule has 3 atom stereocenters. The lowest BCUT2D eigenvalue weighted by Crippen LogP contribution is -2.74. The summed E-state index contributed by atoms with van der Waals surface area (Å²) in [5, 5.41) is 25.2. The summed E-state index contributed by atoms with van der Waals surface area (Å²) in [4.78, 5) is 36.1. The summed E-state index contributed by atoms with van der Waals surface area (Å²) >= 11 is 3.68. The zero-order chi connectivity index (χ0) is 23.2. The molecule has 2 rings (SSSR count). The van der Waals surface area contributed by atoms with E-state index in [1.54, 1.807) is 45.0 Å². The van der Waals surface area contributed by atoms with Crippen molar-refractivity contribution in [2.24, 2.45) is 0 Å². The van der Waals surface area contributed by atoms with Crippen LogP contribution in [0.4, 0.5) is 0 Å². The average Bonchev–Trinajstić information content (AvgIpc) is 2.69. The Labute approximate surface area is 193 Å². The van der Waals surface area contributed by atoms with Crippen LogP contribution in [-0.2, 0) is 19.1 Å². The monoisotopic (exact) mass is 516 g/mol. The SMILES string of the molecule is CC(C)(C)OC(=O)C(=C(O)CBr)[N+]1([O-])CC(NC(=O)COc2ccccc2)C1SC=O. The summed E-state index contributed by atoms with van der Waals surface area (Å²) in [6.45, 7) is 4.36. The van der Waals surface area contributed by atoms with Crippen LogP contribution in [0.25, 0.3) is 0 Å². The van der Waals surface area contributed by atoms with Gasteiger partial charge in [0, 0.05) is 0 Å². The first-order chi connectivity index (χ1) is 14.5. The Morgan fingerprint density at radius 1 is 1.35 bits per heavy atom. The number of hydroxylamine groups is 3. The lowest BCUT2D eigenvalue weighted by Gasteiger charge is -2.58. The van der Waals surface area contributed by atoms with Crippen molar-refractivity contribution in [1.29, 1.82) is 0 Å². The summed E-state index contributed by atoms with van der Waals surface area (Å²) in [7, 11) is 0.